The van der Waals surface area contributed by atoms with Gasteiger partial charge >= 0.3 is 5.97 Å². The zero-order valence-electron chi connectivity index (χ0n) is 12.2. The molecule has 1 saturated heterocycles. The molecule has 0 bridgehead atoms. The lowest BCUT2D eigenvalue weighted by Gasteiger charge is -2.27. The van der Waals surface area contributed by atoms with Crippen molar-refractivity contribution in [2.24, 2.45) is 0 Å². The fourth-order valence-corrected chi connectivity index (χ4v) is 2.78. The summed E-state index contributed by atoms with van der Waals surface area (Å²) < 4.78 is 5.25. The van der Waals surface area contributed by atoms with Crippen LogP contribution in [0.15, 0.2) is 24.3 Å². The van der Waals surface area contributed by atoms with Crippen LogP contribution in [0.4, 0.5) is 0 Å². The van der Waals surface area contributed by atoms with Gasteiger partial charge < -0.3 is 14.7 Å². The molecule has 0 aliphatic carbocycles. The molecule has 5 heteroatoms. The quantitative estimate of drug-likeness (QED) is 0.922. The van der Waals surface area contributed by atoms with Crippen molar-refractivity contribution in [3.05, 3.63) is 29.8 Å². The maximum absolute atomic E-state index is 12.5. The number of methoxy groups -OCH3 is 1. The minimum Gasteiger partial charge on any atom is -0.496 e. The average Bonchev–Trinajstić information content (AvgIpc) is 2.73. The molecule has 1 fully saturated rings. The summed E-state index contributed by atoms with van der Waals surface area (Å²) in [5, 5.41) is 9.33. The van der Waals surface area contributed by atoms with Crippen LogP contribution in [0.2, 0.25) is 0 Å². The summed E-state index contributed by atoms with van der Waals surface area (Å²) in [4.78, 5) is 25.4. The molecular weight excluding hydrogens is 270 g/mol. The molecule has 1 aromatic carbocycles. The van der Waals surface area contributed by atoms with Crippen LogP contribution in [0.5, 0.6) is 5.75 Å². The number of aliphatic carboxylic acids is 1. The lowest BCUT2D eigenvalue weighted by molar-refractivity contribution is -0.150. The number of carbonyl (C=O) groups excluding carboxylic acids is 1. The highest BCUT2D eigenvalue weighted by Gasteiger charge is 2.30. The van der Waals surface area contributed by atoms with Crippen LogP contribution in [0, 0.1) is 0 Å². The summed E-state index contributed by atoms with van der Waals surface area (Å²) in [5.74, 6) is -0.397. The van der Waals surface area contributed by atoms with E-state index < -0.39 is 12.0 Å². The molecule has 1 atom stereocenters. The first-order valence-corrected chi connectivity index (χ1v) is 7.27. The van der Waals surface area contributed by atoms with Crippen LogP contribution in [0.3, 0.4) is 0 Å². The fraction of sp³-hybridized carbons (Fsp3) is 0.500. The zero-order chi connectivity index (χ0) is 15.2. The van der Waals surface area contributed by atoms with E-state index in [0.29, 0.717) is 18.7 Å². The number of carboxylic acid groups (broad SMARTS) is 1. The van der Waals surface area contributed by atoms with Gasteiger partial charge in [-0.2, -0.15) is 0 Å². The summed E-state index contributed by atoms with van der Waals surface area (Å²) in [5.41, 5.74) is 0.790. The molecule has 1 aliphatic heterocycles. The highest BCUT2D eigenvalue weighted by Crippen LogP contribution is 2.22. The average molecular weight is 291 g/mol. The molecule has 1 unspecified atom stereocenters. The van der Waals surface area contributed by atoms with Gasteiger partial charge in [0.25, 0.3) is 0 Å². The Labute approximate surface area is 124 Å². The van der Waals surface area contributed by atoms with Crippen molar-refractivity contribution in [1.82, 2.24) is 4.90 Å². The molecule has 0 spiro atoms. The third-order valence-electron chi connectivity index (χ3n) is 3.89. The first-order chi connectivity index (χ1) is 10.1. The molecule has 1 aromatic rings. The van der Waals surface area contributed by atoms with Crippen molar-refractivity contribution in [2.45, 2.75) is 38.1 Å². The third-order valence-corrected chi connectivity index (χ3v) is 3.89. The molecule has 1 amide bonds. The largest absolute Gasteiger partial charge is 0.496 e. The monoisotopic (exact) mass is 291 g/mol. The minimum absolute atomic E-state index is 0.145. The molecule has 1 heterocycles. The van der Waals surface area contributed by atoms with E-state index in [1.54, 1.807) is 13.2 Å². The zero-order valence-corrected chi connectivity index (χ0v) is 12.2. The number of ether oxygens (including phenoxy) is 1. The van der Waals surface area contributed by atoms with E-state index in [4.69, 9.17) is 4.74 Å². The van der Waals surface area contributed by atoms with Gasteiger partial charge in [-0.15, -0.1) is 0 Å². The lowest BCUT2D eigenvalue weighted by Crippen LogP contribution is -2.45. The second-order valence-electron chi connectivity index (χ2n) is 5.28. The molecule has 0 radical (unpaired) electrons. The van der Waals surface area contributed by atoms with Crippen LogP contribution < -0.4 is 4.74 Å². The van der Waals surface area contributed by atoms with E-state index in [1.807, 2.05) is 18.2 Å². The number of carbonyl (C=O) groups is 2. The Balaban J connectivity index is 2.15. The summed E-state index contributed by atoms with van der Waals surface area (Å²) in [6, 6.07) is 6.64. The number of para-hydroxylation sites is 1. The Morgan fingerprint density at radius 2 is 2.05 bits per heavy atom. The normalized spacial score (nSPS) is 18.9. The maximum atomic E-state index is 12.5. The second kappa shape index (κ2) is 7.11. The van der Waals surface area contributed by atoms with Crippen molar-refractivity contribution >= 4 is 11.9 Å². The van der Waals surface area contributed by atoms with Crippen LogP contribution in [0.25, 0.3) is 0 Å². The smallest absolute Gasteiger partial charge is 0.326 e. The molecule has 21 heavy (non-hydrogen) atoms. The van der Waals surface area contributed by atoms with E-state index >= 15 is 0 Å². The van der Waals surface area contributed by atoms with Gasteiger partial charge in [-0.25, -0.2) is 4.79 Å². The lowest BCUT2D eigenvalue weighted by atomic mass is 10.1. The topological polar surface area (TPSA) is 66.8 Å². The first kappa shape index (κ1) is 15.4. The molecule has 0 saturated carbocycles. The van der Waals surface area contributed by atoms with E-state index in [0.717, 1.165) is 24.8 Å². The highest BCUT2D eigenvalue weighted by atomic mass is 16.5. The van der Waals surface area contributed by atoms with Crippen LogP contribution in [-0.4, -0.2) is 41.6 Å². The second-order valence-corrected chi connectivity index (χ2v) is 5.28. The van der Waals surface area contributed by atoms with Gasteiger partial charge in [0.2, 0.25) is 5.91 Å². The van der Waals surface area contributed by atoms with E-state index in [-0.39, 0.29) is 12.3 Å². The van der Waals surface area contributed by atoms with Gasteiger partial charge in [-0.05, 0) is 18.9 Å². The predicted octanol–water partition coefficient (Wildman–Crippen LogP) is 2.09. The number of carboxylic acids is 1. The van der Waals surface area contributed by atoms with Gasteiger partial charge in [0, 0.05) is 12.1 Å². The van der Waals surface area contributed by atoms with Gasteiger partial charge in [-0.1, -0.05) is 31.0 Å². The number of rotatable bonds is 4. The number of nitrogens with zero attached hydrogens (tertiary/aromatic N) is 1. The number of amides is 1. The van der Waals surface area contributed by atoms with Crippen molar-refractivity contribution in [1.29, 1.82) is 0 Å². The SMILES string of the molecule is COc1ccccc1CC(=O)N1CCCCCC1C(=O)O. The Morgan fingerprint density at radius 1 is 1.29 bits per heavy atom. The minimum atomic E-state index is -0.912. The number of likely N-dealkylation sites (tertiary alicyclic amines) is 1. The molecule has 114 valence electrons. The summed E-state index contributed by atoms with van der Waals surface area (Å²) in [6.07, 6.45) is 3.40. The van der Waals surface area contributed by atoms with E-state index in [9.17, 15) is 14.7 Å². The van der Waals surface area contributed by atoms with Crippen LogP contribution in [0.1, 0.15) is 31.2 Å². The van der Waals surface area contributed by atoms with Crippen molar-refractivity contribution in [2.75, 3.05) is 13.7 Å². The van der Waals surface area contributed by atoms with Crippen molar-refractivity contribution < 1.29 is 19.4 Å². The standard InChI is InChI=1S/C16H21NO4/c1-21-14-9-5-4-7-12(14)11-15(18)17-10-6-2-3-8-13(17)16(19)20/h4-5,7,9,13H,2-3,6,8,10-11H2,1H3,(H,19,20). The maximum Gasteiger partial charge on any atom is 0.326 e. The third kappa shape index (κ3) is 3.74. The number of hydrogen-bond acceptors (Lipinski definition) is 3. The number of hydrogen-bond donors (Lipinski definition) is 1. The Kier molecular flexibility index (Phi) is 5.20. The highest BCUT2D eigenvalue weighted by molar-refractivity contribution is 5.85. The fourth-order valence-electron chi connectivity index (χ4n) is 2.78. The van der Waals surface area contributed by atoms with E-state index in [1.165, 1.54) is 4.90 Å². The van der Waals surface area contributed by atoms with Gasteiger partial charge in [0.05, 0.1) is 13.5 Å². The first-order valence-electron chi connectivity index (χ1n) is 7.27. The van der Waals surface area contributed by atoms with Crippen molar-refractivity contribution in [3.63, 3.8) is 0 Å². The molecule has 1 N–H and O–H groups in total. The molecule has 5 nitrogen and oxygen atoms in total. The van der Waals surface area contributed by atoms with Gasteiger partial charge in [0.15, 0.2) is 0 Å². The van der Waals surface area contributed by atoms with Crippen molar-refractivity contribution in [3.8, 4) is 5.75 Å². The van der Waals surface area contributed by atoms with Gasteiger partial charge in [0.1, 0.15) is 11.8 Å². The molecular formula is C16H21NO4. The predicted molar refractivity (Wildman–Crippen MR) is 78.3 cm³/mol. The molecule has 2 rings (SSSR count). The van der Waals surface area contributed by atoms with E-state index in [2.05, 4.69) is 0 Å². The summed E-state index contributed by atoms with van der Waals surface area (Å²) >= 11 is 0. The van der Waals surface area contributed by atoms with Crippen LogP contribution in [-0.2, 0) is 16.0 Å². The summed E-state index contributed by atoms with van der Waals surface area (Å²) in [6.45, 7) is 0.519. The Morgan fingerprint density at radius 3 is 2.76 bits per heavy atom. The summed E-state index contributed by atoms with van der Waals surface area (Å²) in [7, 11) is 1.56. The molecule has 0 aromatic heterocycles. The Bertz CT molecular complexity index is 515. The van der Waals surface area contributed by atoms with Gasteiger partial charge in [-0.3, -0.25) is 4.79 Å². The van der Waals surface area contributed by atoms with Crippen LogP contribution >= 0.6 is 0 Å². The molecule has 1 aliphatic rings. The Hall–Kier alpha value is -2.04. The number of benzene rings is 1.